The molecule has 20 heavy (non-hydrogen) atoms. The van der Waals surface area contributed by atoms with Gasteiger partial charge >= 0.3 is 0 Å². The van der Waals surface area contributed by atoms with Gasteiger partial charge in [-0.25, -0.2) is 0 Å². The molecule has 104 valence electrons. The van der Waals surface area contributed by atoms with Crippen molar-refractivity contribution in [2.24, 2.45) is 0 Å². The molecule has 0 aliphatic rings. The molecule has 0 nitrogen and oxygen atoms in total. The summed E-state index contributed by atoms with van der Waals surface area (Å²) >= 11 is 3.86. The Labute approximate surface area is 130 Å². The largest absolute Gasteiger partial charge is 0.134 e. The molecule has 0 bridgehead atoms. The lowest BCUT2D eigenvalue weighted by Crippen LogP contribution is -1.84. The van der Waals surface area contributed by atoms with Crippen LogP contribution in [0.5, 0.6) is 0 Å². The van der Waals surface area contributed by atoms with E-state index in [1.54, 1.807) is 0 Å². The number of thioether (sulfide) groups is 2. The standard InChI is InChI=1S/C18H20S2/c1-16-8-5-6-11-18(16)20-14-7-13-19-15-12-17-9-3-2-4-10-17/h2-6,8-12,15H,7,13-14H2,1H3/b15-12+. The quantitative estimate of drug-likeness (QED) is 0.462. The lowest BCUT2D eigenvalue weighted by molar-refractivity contribution is 1.12. The van der Waals surface area contributed by atoms with Crippen LogP contribution in [0.25, 0.3) is 6.08 Å². The van der Waals surface area contributed by atoms with E-state index in [2.05, 4.69) is 66.9 Å². The maximum absolute atomic E-state index is 2.21. The van der Waals surface area contributed by atoms with Gasteiger partial charge in [0.2, 0.25) is 0 Å². The Morgan fingerprint density at radius 2 is 1.65 bits per heavy atom. The van der Waals surface area contributed by atoms with Gasteiger partial charge < -0.3 is 0 Å². The molecular formula is C18H20S2. The molecule has 0 unspecified atom stereocenters. The lowest BCUT2D eigenvalue weighted by Gasteiger charge is -2.04. The normalized spacial score (nSPS) is 11.1. The minimum absolute atomic E-state index is 1.18. The van der Waals surface area contributed by atoms with E-state index in [1.807, 2.05) is 29.6 Å². The van der Waals surface area contributed by atoms with Gasteiger partial charge in [-0.1, -0.05) is 48.5 Å². The zero-order chi connectivity index (χ0) is 14.0. The average Bonchev–Trinajstić information content (AvgIpc) is 2.49. The minimum Gasteiger partial charge on any atom is -0.134 e. The van der Waals surface area contributed by atoms with Gasteiger partial charge in [-0.3, -0.25) is 0 Å². The Kier molecular flexibility index (Phi) is 6.82. The van der Waals surface area contributed by atoms with E-state index in [0.29, 0.717) is 0 Å². The summed E-state index contributed by atoms with van der Waals surface area (Å²) in [5, 5.41) is 2.20. The first-order valence-electron chi connectivity index (χ1n) is 6.88. The van der Waals surface area contributed by atoms with Gasteiger partial charge in [0.15, 0.2) is 0 Å². The molecule has 0 aromatic heterocycles. The van der Waals surface area contributed by atoms with Crippen LogP contribution in [0.15, 0.2) is 64.9 Å². The zero-order valence-electron chi connectivity index (χ0n) is 11.8. The molecule has 2 aromatic rings. The van der Waals surface area contributed by atoms with Crippen LogP contribution in [0.4, 0.5) is 0 Å². The summed E-state index contributed by atoms with van der Waals surface area (Å²) in [4.78, 5) is 1.41. The summed E-state index contributed by atoms with van der Waals surface area (Å²) in [6, 6.07) is 19.1. The zero-order valence-corrected chi connectivity index (χ0v) is 13.4. The molecule has 0 heterocycles. The fraction of sp³-hybridized carbons (Fsp3) is 0.222. The van der Waals surface area contributed by atoms with Crippen molar-refractivity contribution in [1.82, 2.24) is 0 Å². The highest BCUT2D eigenvalue weighted by Gasteiger charge is 1.97. The molecule has 0 atom stereocenters. The number of hydrogen-bond acceptors (Lipinski definition) is 2. The Hall–Kier alpha value is -1.12. The van der Waals surface area contributed by atoms with Crippen LogP contribution >= 0.6 is 23.5 Å². The topological polar surface area (TPSA) is 0 Å². The van der Waals surface area contributed by atoms with Crippen molar-refractivity contribution in [3.63, 3.8) is 0 Å². The summed E-state index contributed by atoms with van der Waals surface area (Å²) in [5.41, 5.74) is 2.66. The van der Waals surface area contributed by atoms with Crippen molar-refractivity contribution in [3.8, 4) is 0 Å². The third kappa shape index (κ3) is 5.48. The fourth-order valence-electron chi connectivity index (χ4n) is 1.80. The van der Waals surface area contributed by atoms with Crippen molar-refractivity contribution in [1.29, 1.82) is 0 Å². The maximum atomic E-state index is 2.21. The van der Waals surface area contributed by atoms with Crippen molar-refractivity contribution < 1.29 is 0 Å². The Morgan fingerprint density at radius 1 is 0.900 bits per heavy atom. The highest BCUT2D eigenvalue weighted by molar-refractivity contribution is 8.02. The lowest BCUT2D eigenvalue weighted by atomic mass is 10.2. The molecule has 0 aliphatic carbocycles. The minimum atomic E-state index is 1.18. The van der Waals surface area contributed by atoms with Crippen molar-refractivity contribution in [2.45, 2.75) is 18.2 Å². The highest BCUT2D eigenvalue weighted by atomic mass is 32.2. The van der Waals surface area contributed by atoms with Gasteiger partial charge in [-0.05, 0) is 53.5 Å². The SMILES string of the molecule is Cc1ccccc1SCCCS/C=C/c1ccccc1. The predicted octanol–water partition coefficient (Wildman–Crippen LogP) is 5.88. The average molecular weight is 300 g/mol. The Morgan fingerprint density at radius 3 is 2.45 bits per heavy atom. The smallest absolute Gasteiger partial charge is 0.0101 e. The van der Waals surface area contributed by atoms with Crippen LogP contribution in [-0.4, -0.2) is 11.5 Å². The second kappa shape index (κ2) is 8.93. The molecule has 0 N–H and O–H groups in total. The molecule has 2 heteroatoms. The van der Waals surface area contributed by atoms with Crippen molar-refractivity contribution in [2.75, 3.05) is 11.5 Å². The van der Waals surface area contributed by atoms with E-state index in [9.17, 15) is 0 Å². The van der Waals surface area contributed by atoms with Crippen LogP contribution in [0.1, 0.15) is 17.5 Å². The summed E-state index contributed by atoms with van der Waals surface area (Å²) in [6.07, 6.45) is 3.42. The third-order valence-electron chi connectivity index (χ3n) is 2.91. The Balaban J connectivity index is 1.61. The molecule has 2 rings (SSSR count). The monoisotopic (exact) mass is 300 g/mol. The molecule has 0 aliphatic heterocycles. The summed E-state index contributed by atoms with van der Waals surface area (Å²) < 4.78 is 0. The van der Waals surface area contributed by atoms with Crippen LogP contribution in [0, 0.1) is 6.92 Å². The molecule has 0 saturated heterocycles. The summed E-state index contributed by atoms with van der Waals surface area (Å²) in [7, 11) is 0. The van der Waals surface area contributed by atoms with Gasteiger partial charge in [0.1, 0.15) is 0 Å². The fourth-order valence-corrected chi connectivity index (χ4v) is 3.66. The first-order valence-corrected chi connectivity index (χ1v) is 8.91. The van der Waals surface area contributed by atoms with Gasteiger partial charge in [-0.2, -0.15) is 0 Å². The molecule has 0 spiro atoms. The Bertz CT molecular complexity index is 532. The number of aryl methyl sites for hydroxylation is 1. The number of benzene rings is 2. The molecule has 0 fully saturated rings. The number of hydrogen-bond donors (Lipinski definition) is 0. The van der Waals surface area contributed by atoms with E-state index >= 15 is 0 Å². The van der Waals surface area contributed by atoms with Gasteiger partial charge in [-0.15, -0.1) is 23.5 Å². The van der Waals surface area contributed by atoms with Crippen LogP contribution in [0.2, 0.25) is 0 Å². The highest BCUT2D eigenvalue weighted by Crippen LogP contribution is 2.23. The van der Waals surface area contributed by atoms with Crippen LogP contribution in [0.3, 0.4) is 0 Å². The molecular weight excluding hydrogens is 280 g/mol. The second-order valence-electron chi connectivity index (χ2n) is 4.55. The van der Waals surface area contributed by atoms with E-state index in [-0.39, 0.29) is 0 Å². The van der Waals surface area contributed by atoms with Crippen molar-refractivity contribution >= 4 is 29.6 Å². The second-order valence-corrected chi connectivity index (χ2v) is 6.70. The molecule has 2 aromatic carbocycles. The van der Waals surface area contributed by atoms with Gasteiger partial charge in [0, 0.05) is 4.90 Å². The van der Waals surface area contributed by atoms with E-state index in [4.69, 9.17) is 0 Å². The number of rotatable bonds is 7. The summed E-state index contributed by atoms with van der Waals surface area (Å²) in [6.45, 7) is 2.18. The molecule has 0 saturated carbocycles. The van der Waals surface area contributed by atoms with Crippen LogP contribution in [-0.2, 0) is 0 Å². The molecule has 0 radical (unpaired) electrons. The first kappa shape index (κ1) is 15.3. The van der Waals surface area contributed by atoms with E-state index in [0.717, 1.165) is 0 Å². The molecule has 0 amide bonds. The van der Waals surface area contributed by atoms with E-state index < -0.39 is 0 Å². The van der Waals surface area contributed by atoms with Gasteiger partial charge in [0.05, 0.1) is 0 Å². The van der Waals surface area contributed by atoms with E-state index in [1.165, 1.54) is 33.9 Å². The van der Waals surface area contributed by atoms with Gasteiger partial charge in [0.25, 0.3) is 0 Å². The van der Waals surface area contributed by atoms with Crippen LogP contribution < -0.4 is 0 Å². The third-order valence-corrected chi connectivity index (χ3v) is 5.03. The van der Waals surface area contributed by atoms with Crippen molar-refractivity contribution in [3.05, 3.63) is 71.1 Å². The predicted molar refractivity (Wildman–Crippen MR) is 94.5 cm³/mol. The summed E-state index contributed by atoms with van der Waals surface area (Å²) in [5.74, 6) is 2.37. The first-order chi connectivity index (χ1) is 9.86. The maximum Gasteiger partial charge on any atom is 0.0101 e.